The van der Waals surface area contributed by atoms with E-state index in [2.05, 4.69) is 94.1 Å². The number of allylic oxidation sites excluding steroid dienone is 2. The quantitative estimate of drug-likeness (QED) is 0.401. The first-order valence-corrected chi connectivity index (χ1v) is 17.4. The molecule has 0 unspecified atom stereocenters. The second-order valence-corrected chi connectivity index (χ2v) is 15.8. The van der Waals surface area contributed by atoms with E-state index in [4.69, 9.17) is 4.74 Å². The van der Waals surface area contributed by atoms with Crippen LogP contribution >= 0.6 is 0 Å². The van der Waals surface area contributed by atoms with E-state index in [9.17, 15) is 0 Å². The number of rotatable bonds is 0. The molecule has 0 N–H and O–H groups in total. The van der Waals surface area contributed by atoms with Crippen molar-refractivity contribution in [2.45, 2.75) is 87.0 Å². The predicted molar refractivity (Wildman–Crippen MR) is 168 cm³/mol. The second-order valence-electron chi connectivity index (χ2n) is 15.8. The number of nitrogens with zero attached hydrogens (tertiary/aromatic N) is 4. The van der Waals surface area contributed by atoms with Crippen molar-refractivity contribution in [3.05, 3.63) is 83.0 Å². The molecule has 5 nitrogen and oxygen atoms in total. The van der Waals surface area contributed by atoms with Crippen molar-refractivity contribution in [1.82, 2.24) is 9.80 Å². The summed E-state index contributed by atoms with van der Waals surface area (Å²) in [4.78, 5) is 11.7. The van der Waals surface area contributed by atoms with Crippen LogP contribution in [0.4, 0.5) is 11.4 Å². The average molecular weight is 571 g/mol. The van der Waals surface area contributed by atoms with Gasteiger partial charge < -0.3 is 14.5 Å². The molecule has 8 fully saturated rings. The van der Waals surface area contributed by atoms with Gasteiger partial charge in [-0.1, -0.05) is 59.7 Å². The van der Waals surface area contributed by atoms with E-state index >= 15 is 0 Å². The highest BCUT2D eigenvalue weighted by atomic mass is 16.5. The molecule has 2 saturated carbocycles. The number of anilines is 2. The summed E-state index contributed by atoms with van der Waals surface area (Å²) in [7, 11) is 0. The molecule has 5 heteroatoms. The maximum absolute atomic E-state index is 7.78. The van der Waals surface area contributed by atoms with Crippen LogP contribution in [0.2, 0.25) is 0 Å². The van der Waals surface area contributed by atoms with Crippen LogP contribution in [-0.4, -0.2) is 72.6 Å². The number of benzene rings is 2. The molecule has 43 heavy (non-hydrogen) atoms. The zero-order valence-electron chi connectivity index (χ0n) is 25.4. The maximum Gasteiger partial charge on any atom is 0.138 e. The molecule has 2 aromatic rings. The van der Waals surface area contributed by atoms with Gasteiger partial charge in [0.2, 0.25) is 0 Å². The Morgan fingerprint density at radius 3 is 1.60 bits per heavy atom. The first-order valence-electron chi connectivity index (χ1n) is 17.4. The minimum atomic E-state index is 0.147. The van der Waals surface area contributed by atoms with Crippen LogP contribution in [0.3, 0.4) is 0 Å². The lowest BCUT2D eigenvalue weighted by Gasteiger charge is -2.69. The van der Waals surface area contributed by atoms with E-state index in [1.54, 1.807) is 22.3 Å². The molecule has 8 heterocycles. The minimum Gasteiger partial charge on any atom is -0.341 e. The maximum atomic E-state index is 7.78. The lowest BCUT2D eigenvalue weighted by Crippen LogP contribution is -2.81. The van der Waals surface area contributed by atoms with Gasteiger partial charge in [0.1, 0.15) is 12.5 Å². The summed E-state index contributed by atoms with van der Waals surface area (Å²) in [5.74, 6) is 2.16. The molecule has 10 aliphatic rings. The van der Waals surface area contributed by atoms with Crippen molar-refractivity contribution in [3.8, 4) is 0 Å². The fraction of sp³-hybridized carbons (Fsp3) is 0.579. The topological polar surface area (TPSA) is 22.2 Å². The van der Waals surface area contributed by atoms with Crippen LogP contribution in [0.5, 0.6) is 0 Å². The molecule has 12 atom stereocenters. The van der Waals surface area contributed by atoms with E-state index in [-0.39, 0.29) is 23.3 Å². The van der Waals surface area contributed by atoms with Crippen molar-refractivity contribution >= 4 is 11.4 Å². The molecule has 2 aliphatic carbocycles. The zero-order chi connectivity index (χ0) is 28.0. The second kappa shape index (κ2) is 7.43. The van der Waals surface area contributed by atoms with Crippen LogP contribution in [0.1, 0.15) is 50.7 Å². The highest BCUT2D eigenvalue weighted by Crippen LogP contribution is 2.72. The van der Waals surface area contributed by atoms with Gasteiger partial charge in [0, 0.05) is 59.2 Å². The summed E-state index contributed by atoms with van der Waals surface area (Å²) in [6, 6.07) is 21.7. The van der Waals surface area contributed by atoms with E-state index in [0.29, 0.717) is 47.8 Å². The third-order valence-corrected chi connectivity index (χ3v) is 15.3. The SMILES string of the molecule is C/C=C1\CN2CC[C@]34c5ccccc5N5[C@H]3[C@@H]([C@H]1C[C@H]24)[C@@H]1O[C@H]5[C@H]2[C@@H]3N1c1ccccc1[C@@]31CCN3C/C(=C\C)[C@@H]2C[C@H]31. The van der Waals surface area contributed by atoms with Gasteiger partial charge in [0.25, 0.3) is 0 Å². The third kappa shape index (κ3) is 2.28. The van der Waals surface area contributed by atoms with Crippen molar-refractivity contribution in [3.63, 3.8) is 0 Å². The summed E-state index contributed by atoms with van der Waals surface area (Å²) in [5.41, 5.74) is 10.2. The van der Waals surface area contributed by atoms with Crippen molar-refractivity contribution in [2.75, 3.05) is 36.0 Å². The Hall–Kier alpha value is -2.60. The van der Waals surface area contributed by atoms with Crippen LogP contribution in [0, 0.1) is 23.7 Å². The van der Waals surface area contributed by atoms with E-state index in [1.807, 2.05) is 0 Å². The highest BCUT2D eigenvalue weighted by Gasteiger charge is 2.78. The van der Waals surface area contributed by atoms with Gasteiger partial charge in [0.15, 0.2) is 0 Å². The number of para-hydroxylation sites is 2. The smallest absolute Gasteiger partial charge is 0.138 e. The molecule has 2 aromatic carbocycles. The number of hydrogen-bond acceptors (Lipinski definition) is 5. The Balaban J connectivity index is 1.16. The Morgan fingerprint density at radius 1 is 0.674 bits per heavy atom. The fourth-order valence-corrected chi connectivity index (χ4v) is 14.2. The predicted octanol–water partition coefficient (Wildman–Crippen LogP) is 5.28. The molecule has 8 aliphatic heterocycles. The molecule has 0 amide bonds. The molecule has 6 saturated heterocycles. The molecule has 12 rings (SSSR count). The van der Waals surface area contributed by atoms with Crippen molar-refractivity contribution in [1.29, 1.82) is 0 Å². The molecular weight excluding hydrogens is 528 g/mol. The van der Waals surface area contributed by atoms with Gasteiger partial charge >= 0.3 is 0 Å². The molecule has 0 aromatic heterocycles. The number of piperidine rings is 2. The van der Waals surface area contributed by atoms with Gasteiger partial charge in [-0.2, -0.15) is 0 Å². The van der Waals surface area contributed by atoms with E-state index in [1.165, 1.54) is 50.1 Å². The number of fused-ring (bicyclic) bond motifs is 14. The summed E-state index contributed by atoms with van der Waals surface area (Å²) in [5, 5.41) is 0. The molecular formula is C38H42N4O. The summed E-state index contributed by atoms with van der Waals surface area (Å²) in [6.45, 7) is 9.41. The van der Waals surface area contributed by atoms with Gasteiger partial charge in [-0.3, -0.25) is 9.80 Å². The Bertz CT molecular complexity index is 1560. The Labute approximate surface area is 255 Å². The number of hydrogen-bond donors (Lipinski definition) is 0. The Kier molecular flexibility index (Phi) is 4.10. The third-order valence-electron chi connectivity index (χ3n) is 15.3. The lowest BCUT2D eigenvalue weighted by molar-refractivity contribution is -0.198. The monoisotopic (exact) mass is 570 g/mol. The Morgan fingerprint density at radius 2 is 1.14 bits per heavy atom. The summed E-state index contributed by atoms with van der Waals surface area (Å²) >= 11 is 0. The average Bonchev–Trinajstić information content (AvgIpc) is 3.80. The minimum absolute atomic E-state index is 0.147. The normalized spacial score (nSPS) is 50.7. The van der Waals surface area contributed by atoms with E-state index < -0.39 is 0 Å². The largest absolute Gasteiger partial charge is 0.341 e. The van der Waals surface area contributed by atoms with Crippen LogP contribution < -0.4 is 9.80 Å². The van der Waals surface area contributed by atoms with Crippen LogP contribution in [0.25, 0.3) is 0 Å². The molecule has 220 valence electrons. The molecule has 0 radical (unpaired) electrons. The highest BCUT2D eigenvalue weighted by molar-refractivity contribution is 5.73. The van der Waals surface area contributed by atoms with Gasteiger partial charge in [-0.05, 0) is 87.7 Å². The first kappa shape index (κ1) is 23.7. The lowest BCUT2D eigenvalue weighted by atomic mass is 9.51. The van der Waals surface area contributed by atoms with E-state index in [0.717, 1.165) is 13.1 Å². The van der Waals surface area contributed by atoms with Gasteiger partial charge in [-0.15, -0.1) is 0 Å². The van der Waals surface area contributed by atoms with Crippen molar-refractivity contribution in [2.24, 2.45) is 23.7 Å². The molecule has 6 bridgehead atoms. The van der Waals surface area contributed by atoms with Gasteiger partial charge in [0.05, 0.1) is 12.1 Å². The first-order chi connectivity index (χ1) is 21.2. The summed E-state index contributed by atoms with van der Waals surface area (Å²) < 4.78 is 7.78. The van der Waals surface area contributed by atoms with Crippen molar-refractivity contribution < 1.29 is 4.74 Å². The van der Waals surface area contributed by atoms with Gasteiger partial charge in [-0.25, -0.2) is 0 Å². The summed E-state index contributed by atoms with van der Waals surface area (Å²) in [6.07, 6.45) is 10.5. The zero-order valence-corrected chi connectivity index (χ0v) is 25.4. The standard InChI is InChI=1S/C38H42N4O/c1-3-21-19-39-15-13-37-25-9-5-7-11-27(25)41-33(37)31(23(21)17-29(37)39)35-42-28-12-8-6-10-26(28)38-14-16-40-20-22(4-2)24(18-30(38)40)32(34(38)42)36(41)43-35/h3-12,23-24,29-36H,13-20H2,1-2H3/b21-3+,22-4+/t23-,24-,29-,30-,31+,32+,33-,34-,35-,36-,37+,38+/m0/s1. The van der Waals surface area contributed by atoms with Crippen LogP contribution in [-0.2, 0) is 15.6 Å². The van der Waals surface area contributed by atoms with Crippen LogP contribution in [0.15, 0.2) is 71.8 Å². The number of ether oxygens (including phenoxy) is 1. The molecule has 2 spiro atoms. The fourth-order valence-electron chi connectivity index (χ4n) is 14.2.